The Hall–Kier alpha value is -3.38. The van der Waals surface area contributed by atoms with Crippen LogP contribution in [-0.4, -0.2) is 10.9 Å². The zero-order valence-corrected chi connectivity index (χ0v) is 16.8. The third-order valence-electron chi connectivity index (χ3n) is 4.82. The lowest BCUT2D eigenvalue weighted by molar-refractivity contribution is 0.0958. The van der Waals surface area contributed by atoms with E-state index in [2.05, 4.69) is 13.0 Å². The van der Waals surface area contributed by atoms with E-state index in [9.17, 15) is 4.79 Å². The van der Waals surface area contributed by atoms with Crippen LogP contribution in [0.4, 0.5) is 5.13 Å². The minimum absolute atomic E-state index is 0.244. The predicted octanol–water partition coefficient (Wildman–Crippen LogP) is 6.10. The summed E-state index contributed by atoms with van der Waals surface area (Å²) in [5, 5.41) is 1.51. The lowest BCUT2D eigenvalue weighted by Crippen LogP contribution is -2.29. The minimum atomic E-state index is -0.244. The van der Waals surface area contributed by atoms with Crippen LogP contribution in [0.5, 0.6) is 0 Å². The van der Waals surface area contributed by atoms with Crippen LogP contribution in [0.25, 0.3) is 21.2 Å². The Morgan fingerprint density at radius 1 is 1.10 bits per heavy atom. The molecule has 3 heterocycles. The number of fused-ring (bicyclic) bond motifs is 2. The number of para-hydroxylation sites is 1. The average molecular weight is 402 g/mol. The maximum absolute atomic E-state index is 13.4. The summed E-state index contributed by atoms with van der Waals surface area (Å²) >= 11 is 1.50. The van der Waals surface area contributed by atoms with Crippen molar-refractivity contribution in [3.8, 4) is 0 Å². The van der Waals surface area contributed by atoms with E-state index in [1.54, 1.807) is 17.2 Å². The molecule has 0 saturated heterocycles. The first-order valence-electron chi connectivity index (χ1n) is 9.29. The summed E-state index contributed by atoms with van der Waals surface area (Å²) in [5.41, 5.74) is 3.87. The molecule has 5 rings (SSSR count). The van der Waals surface area contributed by atoms with Crippen LogP contribution in [0, 0.1) is 13.8 Å². The molecule has 6 heteroatoms. The summed E-state index contributed by atoms with van der Waals surface area (Å²) in [6.07, 6.45) is 1.60. The Bertz CT molecular complexity index is 1300. The molecule has 0 spiro atoms. The fourth-order valence-corrected chi connectivity index (χ4v) is 4.50. The number of furan rings is 2. The maximum atomic E-state index is 13.4. The maximum Gasteiger partial charge on any atom is 0.296 e. The van der Waals surface area contributed by atoms with Gasteiger partial charge in [-0.3, -0.25) is 9.69 Å². The van der Waals surface area contributed by atoms with E-state index >= 15 is 0 Å². The molecule has 3 aromatic heterocycles. The van der Waals surface area contributed by atoms with Crippen LogP contribution >= 0.6 is 11.3 Å². The predicted molar refractivity (Wildman–Crippen MR) is 115 cm³/mol. The number of rotatable bonds is 4. The molecule has 29 heavy (non-hydrogen) atoms. The fraction of sp³-hybridized carbons (Fsp3) is 0.130. The number of benzene rings is 2. The highest BCUT2D eigenvalue weighted by Crippen LogP contribution is 2.34. The standard InChI is InChI=1S/C23H18N2O3S/c1-14-10-15(2)21-18(11-14)24-23(29-21)25(13-17-7-5-9-27-17)22(26)20-12-16-6-3-4-8-19(16)28-20/h3-12H,13H2,1-2H3. The highest BCUT2D eigenvalue weighted by atomic mass is 32.1. The van der Waals surface area contributed by atoms with Crippen LogP contribution in [0.3, 0.4) is 0 Å². The zero-order chi connectivity index (χ0) is 20.0. The van der Waals surface area contributed by atoms with Crippen molar-refractivity contribution in [2.45, 2.75) is 20.4 Å². The van der Waals surface area contributed by atoms with Gasteiger partial charge in [0.25, 0.3) is 5.91 Å². The highest BCUT2D eigenvalue weighted by Gasteiger charge is 2.26. The molecule has 0 aliphatic carbocycles. The van der Waals surface area contributed by atoms with Gasteiger partial charge in [0, 0.05) is 5.39 Å². The van der Waals surface area contributed by atoms with Gasteiger partial charge in [0.05, 0.1) is 23.0 Å². The average Bonchev–Trinajstić information content (AvgIpc) is 3.44. The molecule has 0 N–H and O–H groups in total. The lowest BCUT2D eigenvalue weighted by atomic mass is 10.1. The molecule has 0 unspecified atom stereocenters. The Balaban J connectivity index is 1.61. The van der Waals surface area contributed by atoms with E-state index in [1.165, 1.54) is 11.3 Å². The number of carbonyl (C=O) groups excluding carboxylic acids is 1. The minimum Gasteiger partial charge on any atom is -0.467 e. The van der Waals surface area contributed by atoms with Gasteiger partial charge in [0.2, 0.25) is 0 Å². The topological polar surface area (TPSA) is 59.5 Å². The van der Waals surface area contributed by atoms with E-state index < -0.39 is 0 Å². The number of hydrogen-bond donors (Lipinski definition) is 0. The van der Waals surface area contributed by atoms with E-state index in [4.69, 9.17) is 13.8 Å². The molecule has 1 amide bonds. The van der Waals surface area contributed by atoms with Gasteiger partial charge in [-0.05, 0) is 55.3 Å². The number of aryl methyl sites for hydroxylation is 2. The lowest BCUT2D eigenvalue weighted by Gasteiger charge is -2.17. The third-order valence-corrected chi connectivity index (χ3v) is 6.04. The fourth-order valence-electron chi connectivity index (χ4n) is 3.49. The highest BCUT2D eigenvalue weighted by molar-refractivity contribution is 7.22. The van der Waals surface area contributed by atoms with Crippen molar-refractivity contribution in [3.05, 3.63) is 83.5 Å². The van der Waals surface area contributed by atoms with E-state index in [0.29, 0.717) is 16.5 Å². The molecule has 0 radical (unpaired) electrons. The normalized spacial score (nSPS) is 11.4. The summed E-state index contributed by atoms with van der Waals surface area (Å²) in [6, 6.07) is 17.2. The first-order valence-corrected chi connectivity index (χ1v) is 10.1. The van der Waals surface area contributed by atoms with Crippen molar-refractivity contribution in [2.24, 2.45) is 0 Å². The molecule has 144 valence electrons. The molecule has 0 bridgehead atoms. The molecule has 5 nitrogen and oxygen atoms in total. The zero-order valence-electron chi connectivity index (χ0n) is 16.0. The largest absolute Gasteiger partial charge is 0.467 e. The molecule has 0 aliphatic heterocycles. The number of carbonyl (C=O) groups is 1. The number of amides is 1. The van der Waals surface area contributed by atoms with Crippen LogP contribution in [0.15, 0.2) is 69.7 Å². The van der Waals surface area contributed by atoms with E-state index in [0.717, 1.165) is 26.7 Å². The number of anilines is 1. The van der Waals surface area contributed by atoms with Gasteiger partial charge in [0.1, 0.15) is 11.3 Å². The van der Waals surface area contributed by atoms with Gasteiger partial charge in [-0.15, -0.1) is 0 Å². The Labute approximate surface area is 171 Å². The van der Waals surface area contributed by atoms with Crippen molar-refractivity contribution in [1.29, 1.82) is 0 Å². The monoisotopic (exact) mass is 402 g/mol. The van der Waals surface area contributed by atoms with Gasteiger partial charge in [-0.2, -0.15) is 0 Å². The Kier molecular flexibility index (Phi) is 4.21. The van der Waals surface area contributed by atoms with Crippen molar-refractivity contribution in [3.63, 3.8) is 0 Å². The molecular weight excluding hydrogens is 384 g/mol. The van der Waals surface area contributed by atoms with Crippen LogP contribution in [0.2, 0.25) is 0 Å². The van der Waals surface area contributed by atoms with Gasteiger partial charge in [-0.1, -0.05) is 35.6 Å². The second-order valence-corrected chi connectivity index (χ2v) is 8.02. The van der Waals surface area contributed by atoms with E-state index in [-0.39, 0.29) is 18.2 Å². The second-order valence-electron chi connectivity index (χ2n) is 7.05. The third kappa shape index (κ3) is 3.21. The van der Waals surface area contributed by atoms with Gasteiger partial charge < -0.3 is 8.83 Å². The summed E-state index contributed by atoms with van der Waals surface area (Å²) in [5.74, 6) is 0.720. The molecule has 0 saturated carbocycles. The number of aromatic nitrogens is 1. The van der Waals surface area contributed by atoms with Crippen molar-refractivity contribution >= 4 is 43.6 Å². The Morgan fingerprint density at radius 3 is 2.76 bits per heavy atom. The summed E-state index contributed by atoms with van der Waals surface area (Å²) in [6.45, 7) is 4.39. The van der Waals surface area contributed by atoms with E-state index in [1.807, 2.05) is 49.4 Å². The quantitative estimate of drug-likeness (QED) is 0.364. The van der Waals surface area contributed by atoms with Crippen molar-refractivity contribution in [2.75, 3.05) is 4.90 Å². The second kappa shape index (κ2) is 6.90. The molecule has 0 fully saturated rings. The van der Waals surface area contributed by atoms with Crippen LogP contribution in [-0.2, 0) is 6.54 Å². The first kappa shape index (κ1) is 17.7. The molecule has 2 aromatic carbocycles. The van der Waals surface area contributed by atoms with Crippen LogP contribution < -0.4 is 4.90 Å². The van der Waals surface area contributed by atoms with Gasteiger partial charge >= 0.3 is 0 Å². The Morgan fingerprint density at radius 2 is 1.97 bits per heavy atom. The SMILES string of the molecule is Cc1cc(C)c2sc(N(Cc3ccco3)C(=O)c3cc4ccccc4o3)nc2c1. The molecule has 0 atom stereocenters. The van der Waals surface area contributed by atoms with Gasteiger partial charge in [-0.25, -0.2) is 4.98 Å². The van der Waals surface area contributed by atoms with Crippen molar-refractivity contribution in [1.82, 2.24) is 4.98 Å². The number of nitrogens with zero attached hydrogens (tertiary/aromatic N) is 2. The molecule has 5 aromatic rings. The number of hydrogen-bond acceptors (Lipinski definition) is 5. The summed E-state index contributed by atoms with van der Waals surface area (Å²) in [7, 11) is 0. The molecular formula is C23H18N2O3S. The summed E-state index contributed by atoms with van der Waals surface area (Å²) < 4.78 is 12.4. The smallest absolute Gasteiger partial charge is 0.296 e. The summed E-state index contributed by atoms with van der Waals surface area (Å²) in [4.78, 5) is 19.8. The van der Waals surface area contributed by atoms with Crippen LogP contribution in [0.1, 0.15) is 27.4 Å². The van der Waals surface area contributed by atoms with Crippen molar-refractivity contribution < 1.29 is 13.6 Å². The molecule has 0 aliphatic rings. The van der Waals surface area contributed by atoms with Gasteiger partial charge in [0.15, 0.2) is 10.9 Å². The first-order chi connectivity index (χ1) is 14.1. The number of thiazole rings is 1.